The molecule has 26 heavy (non-hydrogen) atoms. The van der Waals surface area contributed by atoms with Gasteiger partial charge in [0.2, 0.25) is 5.91 Å². The fourth-order valence-corrected chi connectivity index (χ4v) is 2.32. The number of carbonyl (C=O) groups is 1. The van der Waals surface area contributed by atoms with Crippen molar-refractivity contribution in [3.63, 3.8) is 0 Å². The monoisotopic (exact) mass is 367 g/mol. The molecule has 140 valence electrons. The van der Waals surface area contributed by atoms with Crippen LogP contribution in [0.25, 0.3) is 0 Å². The molecule has 0 radical (unpaired) electrons. The van der Waals surface area contributed by atoms with Gasteiger partial charge in [-0.25, -0.2) is 0 Å². The third-order valence-electron chi connectivity index (χ3n) is 3.79. The molecule has 7 heteroatoms. The number of para-hydroxylation sites is 2. The van der Waals surface area contributed by atoms with Crippen LogP contribution < -0.4 is 9.47 Å². The zero-order valence-corrected chi connectivity index (χ0v) is 14.5. The van der Waals surface area contributed by atoms with Gasteiger partial charge in [-0.2, -0.15) is 13.2 Å². The first-order valence-corrected chi connectivity index (χ1v) is 7.97. The number of likely N-dealkylation sites (N-methyl/N-ethyl adjacent to an activating group) is 1. The van der Waals surface area contributed by atoms with Gasteiger partial charge in [-0.1, -0.05) is 30.3 Å². The Bertz CT molecular complexity index is 747. The van der Waals surface area contributed by atoms with Crippen molar-refractivity contribution in [3.05, 3.63) is 59.7 Å². The fraction of sp³-hybridized carbons (Fsp3) is 0.316. The summed E-state index contributed by atoms with van der Waals surface area (Å²) in [5, 5.41) is 0. The average molecular weight is 367 g/mol. The van der Waals surface area contributed by atoms with Crippen LogP contribution in [0, 0.1) is 0 Å². The van der Waals surface area contributed by atoms with E-state index in [9.17, 15) is 18.0 Å². The molecule has 0 atom stereocenters. The van der Waals surface area contributed by atoms with Crippen LogP contribution in [0.15, 0.2) is 48.5 Å². The van der Waals surface area contributed by atoms with Gasteiger partial charge in [-0.05, 0) is 23.8 Å². The number of nitrogens with zero attached hydrogens (tertiary/aromatic N) is 1. The SMILES string of the molecule is COc1ccccc1OCCN(C)C(=O)Cc1cccc(C(F)(F)F)c1. The van der Waals surface area contributed by atoms with Crippen LogP contribution in [-0.4, -0.2) is 38.1 Å². The average Bonchev–Trinajstić information content (AvgIpc) is 2.61. The van der Waals surface area contributed by atoms with Gasteiger partial charge in [0.05, 0.1) is 25.6 Å². The second-order valence-corrected chi connectivity index (χ2v) is 5.69. The molecule has 2 aromatic rings. The second-order valence-electron chi connectivity index (χ2n) is 5.69. The highest BCUT2D eigenvalue weighted by molar-refractivity contribution is 5.78. The van der Waals surface area contributed by atoms with E-state index in [1.54, 1.807) is 25.2 Å². The van der Waals surface area contributed by atoms with Gasteiger partial charge in [0, 0.05) is 7.05 Å². The number of alkyl halides is 3. The Kier molecular flexibility index (Phi) is 6.49. The lowest BCUT2D eigenvalue weighted by molar-refractivity contribution is -0.137. The highest BCUT2D eigenvalue weighted by Crippen LogP contribution is 2.29. The van der Waals surface area contributed by atoms with Crippen LogP contribution in [-0.2, 0) is 17.4 Å². The van der Waals surface area contributed by atoms with Crippen LogP contribution in [0.1, 0.15) is 11.1 Å². The molecule has 0 saturated heterocycles. The minimum absolute atomic E-state index is 0.102. The number of rotatable bonds is 7. The van der Waals surface area contributed by atoms with Crippen LogP contribution in [0.2, 0.25) is 0 Å². The van der Waals surface area contributed by atoms with E-state index in [-0.39, 0.29) is 18.9 Å². The molecule has 0 aliphatic rings. The number of amides is 1. The largest absolute Gasteiger partial charge is 0.493 e. The lowest BCUT2D eigenvalue weighted by Gasteiger charge is -2.18. The van der Waals surface area contributed by atoms with Crippen LogP contribution in [0.5, 0.6) is 11.5 Å². The highest BCUT2D eigenvalue weighted by Gasteiger charge is 2.30. The summed E-state index contributed by atoms with van der Waals surface area (Å²) in [5.41, 5.74) is -0.438. The van der Waals surface area contributed by atoms with Gasteiger partial charge in [0.15, 0.2) is 11.5 Å². The smallest absolute Gasteiger partial charge is 0.416 e. The standard InChI is InChI=1S/C19H20F3NO3/c1-23(10-11-26-17-9-4-3-8-16(17)25-2)18(24)13-14-6-5-7-15(12-14)19(20,21)22/h3-9,12H,10-11,13H2,1-2H3. The third-order valence-corrected chi connectivity index (χ3v) is 3.79. The van der Waals surface area contributed by atoms with E-state index in [2.05, 4.69) is 0 Å². The van der Waals surface area contributed by atoms with Crippen LogP contribution in [0.3, 0.4) is 0 Å². The van der Waals surface area contributed by atoms with Crippen molar-refractivity contribution in [1.82, 2.24) is 4.90 Å². The van der Waals surface area contributed by atoms with Crippen molar-refractivity contribution in [2.45, 2.75) is 12.6 Å². The fourth-order valence-electron chi connectivity index (χ4n) is 2.32. The summed E-state index contributed by atoms with van der Waals surface area (Å²) in [6, 6.07) is 11.9. The molecule has 0 fully saturated rings. The molecule has 0 bridgehead atoms. The van der Waals surface area contributed by atoms with Crippen molar-refractivity contribution in [2.24, 2.45) is 0 Å². The molecular weight excluding hydrogens is 347 g/mol. The van der Waals surface area contributed by atoms with Gasteiger partial charge in [0.25, 0.3) is 0 Å². The maximum atomic E-state index is 12.7. The number of halogens is 3. The minimum Gasteiger partial charge on any atom is -0.493 e. The Hall–Kier alpha value is -2.70. The Labute approximate surface area is 150 Å². The number of benzene rings is 2. The van der Waals surface area contributed by atoms with Gasteiger partial charge < -0.3 is 14.4 Å². The molecule has 0 saturated carbocycles. The first-order chi connectivity index (χ1) is 12.3. The van der Waals surface area contributed by atoms with Crippen molar-refractivity contribution in [1.29, 1.82) is 0 Å². The molecule has 0 aliphatic carbocycles. The minimum atomic E-state index is -4.42. The normalized spacial score (nSPS) is 11.1. The van der Waals surface area contributed by atoms with Crippen LogP contribution >= 0.6 is 0 Å². The van der Waals surface area contributed by atoms with E-state index in [0.29, 0.717) is 23.6 Å². The summed E-state index contributed by atoms with van der Waals surface area (Å²) in [5.74, 6) is 0.868. The molecule has 0 aromatic heterocycles. The number of carbonyl (C=O) groups excluding carboxylic acids is 1. The molecule has 1 amide bonds. The summed E-state index contributed by atoms with van der Waals surface area (Å²) in [4.78, 5) is 13.6. The van der Waals surface area contributed by atoms with Gasteiger partial charge in [0.1, 0.15) is 6.61 Å². The lowest BCUT2D eigenvalue weighted by atomic mass is 10.1. The van der Waals surface area contributed by atoms with Crippen molar-refractivity contribution >= 4 is 5.91 Å². The zero-order valence-electron chi connectivity index (χ0n) is 14.5. The van der Waals surface area contributed by atoms with Gasteiger partial charge in [-0.15, -0.1) is 0 Å². The van der Waals surface area contributed by atoms with E-state index in [4.69, 9.17) is 9.47 Å². The summed E-state index contributed by atoms with van der Waals surface area (Å²) < 4.78 is 49.0. The van der Waals surface area contributed by atoms with E-state index in [1.807, 2.05) is 6.07 Å². The number of ether oxygens (including phenoxy) is 2. The zero-order chi connectivity index (χ0) is 19.2. The maximum absolute atomic E-state index is 12.7. The van der Waals surface area contributed by atoms with E-state index in [0.717, 1.165) is 12.1 Å². The number of hydrogen-bond acceptors (Lipinski definition) is 3. The summed E-state index contributed by atoms with van der Waals surface area (Å²) in [6.45, 7) is 0.543. The Morgan fingerprint density at radius 1 is 1.08 bits per heavy atom. The first kappa shape index (κ1) is 19.6. The third kappa shape index (κ3) is 5.40. The van der Waals surface area contributed by atoms with Crippen molar-refractivity contribution < 1.29 is 27.4 Å². The quantitative estimate of drug-likeness (QED) is 0.747. The van der Waals surface area contributed by atoms with Gasteiger partial charge in [-0.3, -0.25) is 4.79 Å². The van der Waals surface area contributed by atoms with Crippen LogP contribution in [0.4, 0.5) is 13.2 Å². The molecule has 2 aromatic carbocycles. The topological polar surface area (TPSA) is 38.8 Å². The molecule has 0 N–H and O–H groups in total. The Balaban J connectivity index is 1.88. The summed E-state index contributed by atoms with van der Waals surface area (Å²) in [7, 11) is 3.12. The predicted molar refractivity (Wildman–Crippen MR) is 91.3 cm³/mol. The molecule has 0 unspecified atom stereocenters. The van der Waals surface area contributed by atoms with E-state index in [1.165, 1.54) is 24.1 Å². The molecule has 2 rings (SSSR count). The molecular formula is C19H20F3NO3. The molecule has 4 nitrogen and oxygen atoms in total. The van der Waals surface area contributed by atoms with Crippen molar-refractivity contribution in [3.8, 4) is 11.5 Å². The number of hydrogen-bond donors (Lipinski definition) is 0. The highest BCUT2D eigenvalue weighted by atomic mass is 19.4. The second kappa shape index (κ2) is 8.60. The number of methoxy groups -OCH3 is 1. The molecule has 0 heterocycles. The van der Waals surface area contributed by atoms with Crippen molar-refractivity contribution in [2.75, 3.05) is 27.3 Å². The van der Waals surface area contributed by atoms with E-state index >= 15 is 0 Å². The van der Waals surface area contributed by atoms with Gasteiger partial charge >= 0.3 is 6.18 Å². The predicted octanol–water partition coefficient (Wildman–Crippen LogP) is 3.79. The Morgan fingerprint density at radius 2 is 1.77 bits per heavy atom. The Morgan fingerprint density at radius 3 is 2.42 bits per heavy atom. The first-order valence-electron chi connectivity index (χ1n) is 7.97. The van der Waals surface area contributed by atoms with E-state index < -0.39 is 11.7 Å². The summed E-state index contributed by atoms with van der Waals surface area (Å²) >= 11 is 0. The summed E-state index contributed by atoms with van der Waals surface area (Å²) in [6.07, 6.45) is -4.53. The molecule has 0 spiro atoms. The lowest BCUT2D eigenvalue weighted by Crippen LogP contribution is -2.32. The maximum Gasteiger partial charge on any atom is 0.416 e. The molecule has 0 aliphatic heterocycles.